The van der Waals surface area contributed by atoms with Crippen LogP contribution in [0.4, 0.5) is 10.5 Å². The zero-order chi connectivity index (χ0) is 11.8. The SMILES string of the molecule is CN1C(=O)OCCC1(C)c1ccccc1N. The van der Waals surface area contributed by atoms with Crippen molar-refractivity contribution in [3.63, 3.8) is 0 Å². The maximum Gasteiger partial charge on any atom is 0.410 e. The van der Waals surface area contributed by atoms with E-state index in [1.165, 1.54) is 0 Å². The maximum atomic E-state index is 11.6. The van der Waals surface area contributed by atoms with Gasteiger partial charge in [0, 0.05) is 24.7 Å². The first-order chi connectivity index (χ1) is 7.55. The van der Waals surface area contributed by atoms with Gasteiger partial charge in [-0.1, -0.05) is 18.2 Å². The molecule has 1 unspecified atom stereocenters. The van der Waals surface area contributed by atoms with Gasteiger partial charge < -0.3 is 15.4 Å². The molecule has 1 aliphatic rings. The second-order valence-electron chi connectivity index (χ2n) is 4.28. The molecule has 1 fully saturated rings. The molecule has 1 atom stereocenters. The molecule has 1 aromatic rings. The molecule has 16 heavy (non-hydrogen) atoms. The van der Waals surface area contributed by atoms with Crippen molar-refractivity contribution in [1.82, 2.24) is 4.90 Å². The van der Waals surface area contributed by atoms with E-state index in [1.54, 1.807) is 11.9 Å². The van der Waals surface area contributed by atoms with Crippen molar-refractivity contribution in [2.75, 3.05) is 19.4 Å². The fourth-order valence-corrected chi connectivity index (χ4v) is 2.11. The molecule has 4 nitrogen and oxygen atoms in total. The molecule has 0 aromatic heterocycles. The predicted octanol–water partition coefficient (Wildman–Crippen LogP) is 1.96. The Kier molecular flexibility index (Phi) is 2.50. The summed E-state index contributed by atoms with van der Waals surface area (Å²) >= 11 is 0. The number of nitrogens with zero attached hydrogens (tertiary/aromatic N) is 1. The molecule has 86 valence electrons. The molecular formula is C12H16N2O2. The lowest BCUT2D eigenvalue weighted by atomic mass is 9.85. The highest BCUT2D eigenvalue weighted by Crippen LogP contribution is 2.36. The van der Waals surface area contributed by atoms with Gasteiger partial charge in [0.25, 0.3) is 0 Å². The highest BCUT2D eigenvalue weighted by molar-refractivity contribution is 5.70. The molecule has 2 rings (SSSR count). The largest absolute Gasteiger partial charge is 0.449 e. The van der Waals surface area contributed by atoms with E-state index >= 15 is 0 Å². The highest BCUT2D eigenvalue weighted by atomic mass is 16.6. The van der Waals surface area contributed by atoms with Gasteiger partial charge in [-0.2, -0.15) is 0 Å². The van der Waals surface area contributed by atoms with Crippen LogP contribution in [0.3, 0.4) is 0 Å². The van der Waals surface area contributed by atoms with Crippen LogP contribution in [-0.2, 0) is 10.3 Å². The van der Waals surface area contributed by atoms with Crippen LogP contribution in [0.1, 0.15) is 18.9 Å². The maximum absolute atomic E-state index is 11.6. The number of para-hydroxylation sites is 1. The third-order valence-corrected chi connectivity index (χ3v) is 3.37. The Morgan fingerprint density at radius 2 is 2.12 bits per heavy atom. The summed E-state index contributed by atoms with van der Waals surface area (Å²) in [6, 6.07) is 7.65. The second-order valence-corrected chi connectivity index (χ2v) is 4.28. The standard InChI is InChI=1S/C12H16N2O2/c1-12(7-8-16-11(15)14(12)2)9-5-3-4-6-10(9)13/h3-6H,7-8,13H2,1-2H3. The van der Waals surface area contributed by atoms with Gasteiger partial charge in [-0.25, -0.2) is 4.79 Å². The molecule has 0 bridgehead atoms. The van der Waals surface area contributed by atoms with E-state index in [0.29, 0.717) is 12.3 Å². The summed E-state index contributed by atoms with van der Waals surface area (Å²) in [6.45, 7) is 2.45. The van der Waals surface area contributed by atoms with Gasteiger partial charge in [-0.05, 0) is 13.0 Å². The average Bonchev–Trinajstić information content (AvgIpc) is 2.26. The van der Waals surface area contributed by atoms with E-state index in [0.717, 1.165) is 12.0 Å². The number of hydrogen-bond acceptors (Lipinski definition) is 3. The molecule has 0 spiro atoms. The van der Waals surface area contributed by atoms with Gasteiger partial charge in [-0.15, -0.1) is 0 Å². The van der Waals surface area contributed by atoms with Crippen molar-refractivity contribution in [3.8, 4) is 0 Å². The van der Waals surface area contributed by atoms with Crippen LogP contribution in [0.2, 0.25) is 0 Å². The molecule has 1 amide bonds. The fraction of sp³-hybridized carbons (Fsp3) is 0.417. The molecular weight excluding hydrogens is 204 g/mol. The quantitative estimate of drug-likeness (QED) is 0.736. The number of amides is 1. The summed E-state index contributed by atoms with van der Waals surface area (Å²) in [4.78, 5) is 13.2. The van der Waals surface area contributed by atoms with Gasteiger partial charge in [0.2, 0.25) is 0 Å². The Morgan fingerprint density at radius 3 is 2.81 bits per heavy atom. The summed E-state index contributed by atoms with van der Waals surface area (Å²) in [7, 11) is 1.74. The minimum atomic E-state index is -0.374. The Bertz CT molecular complexity index is 419. The van der Waals surface area contributed by atoms with Crippen molar-refractivity contribution >= 4 is 11.8 Å². The van der Waals surface area contributed by atoms with E-state index in [2.05, 4.69) is 0 Å². The number of carbonyl (C=O) groups excluding carboxylic acids is 1. The first-order valence-corrected chi connectivity index (χ1v) is 5.31. The van der Waals surface area contributed by atoms with Crippen molar-refractivity contribution in [1.29, 1.82) is 0 Å². The summed E-state index contributed by atoms with van der Waals surface area (Å²) in [5.41, 5.74) is 7.29. The minimum absolute atomic E-state index is 0.294. The lowest BCUT2D eigenvalue weighted by Gasteiger charge is -2.42. The molecule has 4 heteroatoms. The third kappa shape index (κ3) is 1.50. The molecule has 1 heterocycles. The summed E-state index contributed by atoms with van der Waals surface area (Å²) in [6.07, 6.45) is 0.459. The molecule has 1 aliphatic heterocycles. The number of ether oxygens (including phenoxy) is 1. The van der Waals surface area contributed by atoms with Gasteiger partial charge >= 0.3 is 6.09 Å². The zero-order valence-corrected chi connectivity index (χ0v) is 9.56. The van der Waals surface area contributed by atoms with Crippen LogP contribution in [0.15, 0.2) is 24.3 Å². The molecule has 2 N–H and O–H groups in total. The minimum Gasteiger partial charge on any atom is -0.449 e. The monoisotopic (exact) mass is 220 g/mol. The molecule has 1 aromatic carbocycles. The number of nitrogen functional groups attached to an aromatic ring is 1. The van der Waals surface area contributed by atoms with Crippen LogP contribution in [0, 0.1) is 0 Å². The normalized spacial score (nSPS) is 25.4. The Labute approximate surface area is 95.0 Å². The lowest BCUT2D eigenvalue weighted by Crippen LogP contribution is -2.50. The highest BCUT2D eigenvalue weighted by Gasteiger charge is 2.39. The number of cyclic esters (lactones) is 1. The van der Waals surface area contributed by atoms with Crippen LogP contribution in [0.25, 0.3) is 0 Å². The van der Waals surface area contributed by atoms with Crippen LogP contribution >= 0.6 is 0 Å². The topological polar surface area (TPSA) is 55.6 Å². The predicted molar refractivity (Wildman–Crippen MR) is 61.9 cm³/mol. The van der Waals surface area contributed by atoms with Gasteiger partial charge in [0.05, 0.1) is 12.1 Å². The van der Waals surface area contributed by atoms with Gasteiger partial charge in [0.1, 0.15) is 0 Å². The van der Waals surface area contributed by atoms with Gasteiger partial charge in [-0.3, -0.25) is 0 Å². The summed E-state index contributed by atoms with van der Waals surface area (Å²) in [5.74, 6) is 0. The van der Waals surface area contributed by atoms with Crippen molar-refractivity contribution in [2.45, 2.75) is 18.9 Å². The first-order valence-electron chi connectivity index (χ1n) is 5.31. The summed E-state index contributed by atoms with van der Waals surface area (Å²) < 4.78 is 4.99. The molecule has 0 saturated carbocycles. The number of benzene rings is 1. The van der Waals surface area contributed by atoms with Gasteiger partial charge in [0.15, 0.2) is 0 Å². The summed E-state index contributed by atoms with van der Waals surface area (Å²) in [5, 5.41) is 0. The van der Waals surface area contributed by atoms with E-state index < -0.39 is 0 Å². The number of carbonyl (C=O) groups is 1. The number of rotatable bonds is 1. The Hall–Kier alpha value is -1.71. The Balaban J connectivity index is 2.45. The fourth-order valence-electron chi connectivity index (χ4n) is 2.11. The van der Waals surface area contributed by atoms with E-state index in [1.807, 2.05) is 31.2 Å². The van der Waals surface area contributed by atoms with Crippen molar-refractivity contribution < 1.29 is 9.53 Å². The third-order valence-electron chi connectivity index (χ3n) is 3.37. The average molecular weight is 220 g/mol. The second kappa shape index (κ2) is 3.70. The lowest BCUT2D eigenvalue weighted by molar-refractivity contribution is 0.0150. The van der Waals surface area contributed by atoms with E-state index in [9.17, 15) is 4.79 Å². The molecule has 0 radical (unpaired) electrons. The van der Waals surface area contributed by atoms with Crippen LogP contribution in [0.5, 0.6) is 0 Å². The molecule has 1 saturated heterocycles. The smallest absolute Gasteiger partial charge is 0.410 e. The number of nitrogens with two attached hydrogens (primary N) is 1. The zero-order valence-electron chi connectivity index (χ0n) is 9.56. The molecule has 0 aliphatic carbocycles. The van der Waals surface area contributed by atoms with Crippen LogP contribution < -0.4 is 5.73 Å². The van der Waals surface area contributed by atoms with Crippen molar-refractivity contribution in [2.24, 2.45) is 0 Å². The van der Waals surface area contributed by atoms with Crippen LogP contribution in [-0.4, -0.2) is 24.6 Å². The van der Waals surface area contributed by atoms with E-state index in [4.69, 9.17) is 10.5 Å². The number of anilines is 1. The first kappa shape index (κ1) is 10.8. The van der Waals surface area contributed by atoms with Crippen molar-refractivity contribution in [3.05, 3.63) is 29.8 Å². The van der Waals surface area contributed by atoms with E-state index in [-0.39, 0.29) is 11.6 Å². The number of hydrogen-bond donors (Lipinski definition) is 1. The Morgan fingerprint density at radius 1 is 1.44 bits per heavy atom.